The molecule has 114 valence electrons. The number of rotatable bonds is 4. The van der Waals surface area contributed by atoms with Crippen LogP contribution in [0.4, 0.5) is 0 Å². The lowest BCUT2D eigenvalue weighted by Gasteiger charge is -2.19. The zero-order chi connectivity index (χ0) is 16.2. The maximum absolute atomic E-state index is 9.32. The highest BCUT2D eigenvalue weighted by Crippen LogP contribution is 2.23. The molecule has 2 rings (SSSR count). The normalized spacial score (nSPS) is 11.2. The molecule has 0 aliphatic heterocycles. The Morgan fingerprint density at radius 1 is 1.09 bits per heavy atom. The van der Waals surface area contributed by atoms with Crippen LogP contribution >= 0.6 is 0 Å². The molecule has 22 heavy (non-hydrogen) atoms. The van der Waals surface area contributed by atoms with Gasteiger partial charge < -0.3 is 5.32 Å². The van der Waals surface area contributed by atoms with E-state index in [1.165, 1.54) is 0 Å². The average molecular weight is 294 g/mol. The van der Waals surface area contributed by atoms with Gasteiger partial charge in [0.2, 0.25) is 0 Å². The lowest BCUT2D eigenvalue weighted by atomic mass is 9.88. The van der Waals surface area contributed by atoms with Crippen molar-refractivity contribution in [3.8, 4) is 6.07 Å². The summed E-state index contributed by atoms with van der Waals surface area (Å²) in [6.45, 7) is 9.61. The molecule has 0 aromatic carbocycles. The van der Waals surface area contributed by atoms with Crippen LogP contribution in [0.5, 0.6) is 0 Å². The van der Waals surface area contributed by atoms with Gasteiger partial charge in [0.15, 0.2) is 0 Å². The Morgan fingerprint density at radius 2 is 1.77 bits per heavy atom. The maximum Gasteiger partial charge on any atom is 0.101 e. The molecular formula is C18H22N4. The number of nitrogens with one attached hydrogen (secondary N) is 1. The van der Waals surface area contributed by atoms with E-state index in [0.29, 0.717) is 12.1 Å². The Kier molecular flexibility index (Phi) is 4.89. The van der Waals surface area contributed by atoms with Crippen molar-refractivity contribution >= 4 is 0 Å². The monoisotopic (exact) mass is 294 g/mol. The zero-order valence-corrected chi connectivity index (χ0v) is 13.6. The van der Waals surface area contributed by atoms with Gasteiger partial charge in [-0.15, -0.1) is 0 Å². The Labute approximate surface area is 132 Å². The van der Waals surface area contributed by atoms with Crippen molar-refractivity contribution in [2.75, 3.05) is 0 Å². The van der Waals surface area contributed by atoms with Crippen LogP contribution in [0.2, 0.25) is 0 Å². The highest BCUT2D eigenvalue weighted by Gasteiger charge is 2.19. The van der Waals surface area contributed by atoms with Gasteiger partial charge in [0.1, 0.15) is 6.07 Å². The zero-order valence-electron chi connectivity index (χ0n) is 13.6. The van der Waals surface area contributed by atoms with Crippen molar-refractivity contribution in [1.29, 1.82) is 5.26 Å². The molecular weight excluding hydrogens is 272 g/mol. The fourth-order valence-electron chi connectivity index (χ4n) is 2.24. The number of hydrogen-bond acceptors (Lipinski definition) is 4. The molecule has 0 aliphatic carbocycles. The molecule has 0 saturated heterocycles. The first-order valence-electron chi connectivity index (χ1n) is 7.42. The van der Waals surface area contributed by atoms with Crippen molar-refractivity contribution < 1.29 is 0 Å². The van der Waals surface area contributed by atoms with E-state index in [1.807, 2.05) is 31.5 Å². The SMILES string of the molecule is Cc1ccc(CNCc2cnc(C(C)(C)C)c(C#N)c2)cn1. The van der Waals surface area contributed by atoms with Gasteiger partial charge in [-0.1, -0.05) is 26.8 Å². The molecule has 0 bridgehead atoms. The van der Waals surface area contributed by atoms with E-state index < -0.39 is 0 Å². The third-order valence-electron chi connectivity index (χ3n) is 3.41. The third kappa shape index (κ3) is 4.12. The number of hydrogen-bond donors (Lipinski definition) is 1. The molecule has 0 aliphatic rings. The first kappa shape index (κ1) is 16.1. The molecule has 0 saturated carbocycles. The van der Waals surface area contributed by atoms with Gasteiger partial charge in [-0.2, -0.15) is 5.26 Å². The van der Waals surface area contributed by atoms with Gasteiger partial charge in [0.25, 0.3) is 0 Å². The largest absolute Gasteiger partial charge is 0.309 e. The van der Waals surface area contributed by atoms with Gasteiger partial charge in [-0.3, -0.25) is 9.97 Å². The lowest BCUT2D eigenvalue weighted by Crippen LogP contribution is -2.18. The van der Waals surface area contributed by atoms with E-state index in [1.54, 1.807) is 0 Å². The molecule has 0 fully saturated rings. The predicted octanol–water partition coefficient (Wildman–Crippen LogP) is 3.24. The molecule has 0 radical (unpaired) electrons. The maximum atomic E-state index is 9.32. The van der Waals surface area contributed by atoms with Gasteiger partial charge >= 0.3 is 0 Å². The van der Waals surface area contributed by atoms with Crippen LogP contribution in [0.3, 0.4) is 0 Å². The summed E-state index contributed by atoms with van der Waals surface area (Å²) in [5.41, 5.74) is 4.56. The van der Waals surface area contributed by atoms with Crippen molar-refractivity contribution in [3.05, 3.63) is 58.7 Å². The van der Waals surface area contributed by atoms with Crippen LogP contribution in [0, 0.1) is 18.3 Å². The number of aryl methyl sites for hydroxylation is 1. The highest BCUT2D eigenvalue weighted by molar-refractivity contribution is 5.39. The topological polar surface area (TPSA) is 61.6 Å². The van der Waals surface area contributed by atoms with E-state index in [4.69, 9.17) is 0 Å². The van der Waals surface area contributed by atoms with Crippen LogP contribution in [-0.2, 0) is 18.5 Å². The van der Waals surface area contributed by atoms with Gasteiger partial charge in [-0.05, 0) is 30.2 Å². The number of aromatic nitrogens is 2. The standard InChI is InChI=1S/C18H22N4/c1-13-5-6-14(11-21-13)9-20-10-15-7-16(8-19)17(22-12-15)18(2,3)4/h5-7,11-12,20H,9-10H2,1-4H3. The van der Waals surface area contributed by atoms with Gasteiger partial charge in [0.05, 0.1) is 11.3 Å². The Balaban J connectivity index is 2.02. The Bertz CT molecular complexity index is 676. The summed E-state index contributed by atoms with van der Waals surface area (Å²) >= 11 is 0. The quantitative estimate of drug-likeness (QED) is 0.940. The molecule has 0 unspecified atom stereocenters. The van der Waals surface area contributed by atoms with Crippen LogP contribution in [-0.4, -0.2) is 9.97 Å². The summed E-state index contributed by atoms with van der Waals surface area (Å²) in [7, 11) is 0. The number of nitrogens with zero attached hydrogens (tertiary/aromatic N) is 3. The molecule has 0 spiro atoms. The third-order valence-corrected chi connectivity index (χ3v) is 3.41. The minimum absolute atomic E-state index is 0.120. The molecule has 0 amide bonds. The van der Waals surface area contributed by atoms with Crippen LogP contribution in [0.25, 0.3) is 0 Å². The molecule has 0 atom stereocenters. The smallest absolute Gasteiger partial charge is 0.101 e. The van der Waals surface area contributed by atoms with Crippen molar-refractivity contribution in [3.63, 3.8) is 0 Å². The molecule has 2 aromatic heterocycles. The Morgan fingerprint density at radius 3 is 2.36 bits per heavy atom. The average Bonchev–Trinajstić information content (AvgIpc) is 2.48. The fraction of sp³-hybridized carbons (Fsp3) is 0.389. The van der Waals surface area contributed by atoms with E-state index >= 15 is 0 Å². The first-order chi connectivity index (χ1) is 10.4. The predicted molar refractivity (Wildman–Crippen MR) is 87.2 cm³/mol. The molecule has 1 N–H and O–H groups in total. The second-order valence-corrected chi connectivity index (χ2v) is 6.51. The van der Waals surface area contributed by atoms with Gasteiger partial charge in [-0.25, -0.2) is 0 Å². The second kappa shape index (κ2) is 6.67. The summed E-state index contributed by atoms with van der Waals surface area (Å²) < 4.78 is 0. The summed E-state index contributed by atoms with van der Waals surface area (Å²) in [5.74, 6) is 0. The van der Waals surface area contributed by atoms with Crippen LogP contribution < -0.4 is 5.32 Å². The molecule has 4 heteroatoms. The van der Waals surface area contributed by atoms with Crippen molar-refractivity contribution in [2.24, 2.45) is 0 Å². The lowest BCUT2D eigenvalue weighted by molar-refractivity contribution is 0.565. The second-order valence-electron chi connectivity index (χ2n) is 6.51. The van der Waals surface area contributed by atoms with Crippen LogP contribution in [0.1, 0.15) is 48.8 Å². The van der Waals surface area contributed by atoms with Crippen LogP contribution in [0.15, 0.2) is 30.6 Å². The van der Waals surface area contributed by atoms with Crippen molar-refractivity contribution in [2.45, 2.75) is 46.2 Å². The minimum atomic E-state index is -0.120. The summed E-state index contributed by atoms with van der Waals surface area (Å²) in [6.07, 6.45) is 3.73. The number of nitriles is 1. The van der Waals surface area contributed by atoms with Crippen molar-refractivity contribution in [1.82, 2.24) is 15.3 Å². The highest BCUT2D eigenvalue weighted by atomic mass is 14.9. The number of pyridine rings is 2. The fourth-order valence-corrected chi connectivity index (χ4v) is 2.24. The minimum Gasteiger partial charge on any atom is -0.309 e. The van der Waals surface area contributed by atoms with E-state index in [-0.39, 0.29) is 5.41 Å². The summed E-state index contributed by atoms with van der Waals surface area (Å²) in [6, 6.07) is 8.25. The van der Waals surface area contributed by atoms with Gasteiger partial charge in [0, 0.05) is 36.6 Å². The van der Waals surface area contributed by atoms with E-state index in [2.05, 4.69) is 48.2 Å². The molecule has 4 nitrogen and oxygen atoms in total. The Hall–Kier alpha value is -2.25. The molecule has 2 heterocycles. The van der Waals surface area contributed by atoms with E-state index in [9.17, 15) is 5.26 Å². The van der Waals surface area contributed by atoms with E-state index in [0.717, 1.165) is 29.1 Å². The first-order valence-corrected chi connectivity index (χ1v) is 7.42. The summed E-state index contributed by atoms with van der Waals surface area (Å²) in [4.78, 5) is 8.76. The molecule has 2 aromatic rings. The summed E-state index contributed by atoms with van der Waals surface area (Å²) in [5, 5.41) is 12.7.